The first kappa shape index (κ1) is 24.3. The van der Waals surface area contributed by atoms with Gasteiger partial charge in [-0.1, -0.05) is 137 Å². The largest absolute Gasteiger partial charge is 0.0654 e. The van der Waals surface area contributed by atoms with Gasteiger partial charge in [0.15, 0.2) is 0 Å². The van der Waals surface area contributed by atoms with E-state index in [9.17, 15) is 0 Å². The standard InChI is InChI=1S/2C11H24/c1-4-5-6-7-8-9-10-11(2)3;1-3-5-7-9-11-10-8-6-4-2/h11H,4-10H2,1-3H3;3-11H2,1-2H3. The van der Waals surface area contributed by atoms with E-state index in [0.717, 1.165) is 5.92 Å². The molecular weight excluding hydrogens is 264 g/mol. The molecule has 0 unspecified atom stereocenters. The lowest BCUT2D eigenvalue weighted by Gasteiger charge is -2.03. The van der Waals surface area contributed by atoms with Gasteiger partial charge in [0.25, 0.3) is 0 Å². The van der Waals surface area contributed by atoms with E-state index < -0.39 is 0 Å². The van der Waals surface area contributed by atoms with Crippen molar-refractivity contribution in [2.24, 2.45) is 5.92 Å². The van der Waals surface area contributed by atoms with Crippen LogP contribution >= 0.6 is 0 Å². The first-order chi connectivity index (χ1) is 10.7. The number of rotatable bonds is 15. The van der Waals surface area contributed by atoms with E-state index in [1.165, 1.54) is 103 Å². The fraction of sp³-hybridized carbons (Fsp3) is 1.00. The molecule has 0 atom stereocenters. The predicted molar refractivity (Wildman–Crippen MR) is 106 cm³/mol. The summed E-state index contributed by atoms with van der Waals surface area (Å²) in [5, 5.41) is 0. The van der Waals surface area contributed by atoms with Crippen molar-refractivity contribution in [3.63, 3.8) is 0 Å². The van der Waals surface area contributed by atoms with Gasteiger partial charge >= 0.3 is 0 Å². The van der Waals surface area contributed by atoms with Crippen molar-refractivity contribution in [3.8, 4) is 0 Å². The molecule has 0 heteroatoms. The second-order valence-corrected chi connectivity index (χ2v) is 7.43. The molecule has 0 saturated carbocycles. The molecule has 0 rings (SSSR count). The van der Waals surface area contributed by atoms with Gasteiger partial charge in [0.1, 0.15) is 0 Å². The quantitative estimate of drug-likeness (QED) is 0.265. The Bertz CT molecular complexity index is 151. The molecule has 0 aliphatic carbocycles. The Morgan fingerprint density at radius 1 is 0.409 bits per heavy atom. The molecule has 0 aromatic carbocycles. The first-order valence-corrected chi connectivity index (χ1v) is 10.7. The SMILES string of the molecule is CCCCCCCCC(C)C.CCCCCCCCCCC. The van der Waals surface area contributed by atoms with Gasteiger partial charge in [-0.15, -0.1) is 0 Å². The number of unbranched alkanes of at least 4 members (excludes halogenated alkanes) is 13. The minimum absolute atomic E-state index is 0.904. The van der Waals surface area contributed by atoms with Crippen LogP contribution in [0, 0.1) is 5.92 Å². The van der Waals surface area contributed by atoms with Gasteiger partial charge in [-0.3, -0.25) is 0 Å². The molecular formula is C22H48. The molecule has 0 aromatic rings. The lowest BCUT2D eigenvalue weighted by molar-refractivity contribution is 0.514. The molecule has 0 bridgehead atoms. The summed E-state index contributed by atoms with van der Waals surface area (Å²) in [5.74, 6) is 0.904. The van der Waals surface area contributed by atoms with Crippen molar-refractivity contribution >= 4 is 0 Å². The van der Waals surface area contributed by atoms with Crippen LogP contribution in [-0.4, -0.2) is 0 Å². The summed E-state index contributed by atoms with van der Waals surface area (Å²) in [6.07, 6.45) is 23.0. The van der Waals surface area contributed by atoms with E-state index in [1.54, 1.807) is 0 Å². The lowest BCUT2D eigenvalue weighted by atomic mass is 10.0. The van der Waals surface area contributed by atoms with Gasteiger partial charge < -0.3 is 0 Å². The van der Waals surface area contributed by atoms with Crippen LogP contribution in [0.1, 0.15) is 137 Å². The Morgan fingerprint density at radius 3 is 0.955 bits per heavy atom. The molecule has 0 radical (unpaired) electrons. The van der Waals surface area contributed by atoms with Crippen LogP contribution < -0.4 is 0 Å². The number of hydrogen-bond acceptors (Lipinski definition) is 0. The van der Waals surface area contributed by atoms with Gasteiger partial charge in [-0.05, 0) is 5.92 Å². The lowest BCUT2D eigenvalue weighted by Crippen LogP contribution is -1.86. The smallest absolute Gasteiger partial charge is 0.0471 e. The summed E-state index contributed by atoms with van der Waals surface area (Å²) in [6.45, 7) is 11.4. The molecule has 0 fully saturated rings. The normalized spacial score (nSPS) is 10.6. The summed E-state index contributed by atoms with van der Waals surface area (Å²) >= 11 is 0. The summed E-state index contributed by atoms with van der Waals surface area (Å²) in [4.78, 5) is 0. The molecule has 136 valence electrons. The van der Waals surface area contributed by atoms with Crippen LogP contribution in [0.5, 0.6) is 0 Å². The maximum absolute atomic E-state index is 2.31. The zero-order valence-corrected chi connectivity index (χ0v) is 16.9. The predicted octanol–water partition coefficient (Wildman–Crippen LogP) is 8.93. The highest BCUT2D eigenvalue weighted by Crippen LogP contribution is 2.11. The van der Waals surface area contributed by atoms with Crippen LogP contribution in [0.2, 0.25) is 0 Å². The molecule has 0 aliphatic rings. The second-order valence-electron chi connectivity index (χ2n) is 7.43. The molecule has 22 heavy (non-hydrogen) atoms. The Hall–Kier alpha value is 0. The van der Waals surface area contributed by atoms with Gasteiger partial charge in [0, 0.05) is 0 Å². The number of hydrogen-bond donors (Lipinski definition) is 0. The fourth-order valence-corrected chi connectivity index (χ4v) is 2.72. The third kappa shape index (κ3) is 28.2. The van der Waals surface area contributed by atoms with Gasteiger partial charge in [-0.25, -0.2) is 0 Å². The monoisotopic (exact) mass is 312 g/mol. The average molecular weight is 313 g/mol. The van der Waals surface area contributed by atoms with Crippen molar-refractivity contribution in [3.05, 3.63) is 0 Å². The molecule has 0 aliphatic heterocycles. The van der Waals surface area contributed by atoms with Crippen LogP contribution in [0.3, 0.4) is 0 Å². The summed E-state index contributed by atoms with van der Waals surface area (Å²) < 4.78 is 0. The third-order valence-electron chi connectivity index (χ3n) is 4.34. The van der Waals surface area contributed by atoms with Gasteiger partial charge in [0.2, 0.25) is 0 Å². The van der Waals surface area contributed by atoms with E-state index >= 15 is 0 Å². The van der Waals surface area contributed by atoms with Crippen LogP contribution in [-0.2, 0) is 0 Å². The molecule has 0 heterocycles. The molecule has 0 spiro atoms. The summed E-state index contributed by atoms with van der Waals surface area (Å²) in [6, 6.07) is 0. The highest BCUT2D eigenvalue weighted by Gasteiger charge is 1.93. The minimum atomic E-state index is 0.904. The third-order valence-corrected chi connectivity index (χ3v) is 4.34. The molecule has 0 N–H and O–H groups in total. The van der Waals surface area contributed by atoms with Crippen molar-refractivity contribution in [2.45, 2.75) is 137 Å². The minimum Gasteiger partial charge on any atom is -0.0654 e. The maximum atomic E-state index is 2.31. The van der Waals surface area contributed by atoms with Crippen LogP contribution in [0.25, 0.3) is 0 Å². The van der Waals surface area contributed by atoms with Crippen LogP contribution in [0.15, 0.2) is 0 Å². The zero-order chi connectivity index (χ0) is 16.9. The highest BCUT2D eigenvalue weighted by molar-refractivity contribution is 4.48. The molecule has 0 saturated heterocycles. The molecule has 0 nitrogen and oxygen atoms in total. The average Bonchev–Trinajstić information content (AvgIpc) is 2.50. The Morgan fingerprint density at radius 2 is 0.682 bits per heavy atom. The zero-order valence-electron chi connectivity index (χ0n) is 16.9. The highest BCUT2D eigenvalue weighted by atomic mass is 14.0. The summed E-state index contributed by atoms with van der Waals surface area (Å²) in [7, 11) is 0. The molecule has 0 aromatic heterocycles. The van der Waals surface area contributed by atoms with Crippen molar-refractivity contribution < 1.29 is 0 Å². The van der Waals surface area contributed by atoms with Crippen LogP contribution in [0.4, 0.5) is 0 Å². The van der Waals surface area contributed by atoms with E-state index in [4.69, 9.17) is 0 Å². The first-order valence-electron chi connectivity index (χ1n) is 10.7. The van der Waals surface area contributed by atoms with E-state index in [0.29, 0.717) is 0 Å². The van der Waals surface area contributed by atoms with Crippen molar-refractivity contribution in [2.75, 3.05) is 0 Å². The molecule has 0 amide bonds. The Kier molecular flexibility index (Phi) is 25.7. The topological polar surface area (TPSA) is 0 Å². The maximum Gasteiger partial charge on any atom is -0.0471 e. The second kappa shape index (κ2) is 23.3. The Labute approximate surface area is 143 Å². The van der Waals surface area contributed by atoms with Gasteiger partial charge in [0.05, 0.1) is 0 Å². The van der Waals surface area contributed by atoms with E-state index in [2.05, 4.69) is 34.6 Å². The summed E-state index contributed by atoms with van der Waals surface area (Å²) in [5.41, 5.74) is 0. The van der Waals surface area contributed by atoms with E-state index in [1.807, 2.05) is 0 Å². The van der Waals surface area contributed by atoms with E-state index in [-0.39, 0.29) is 0 Å². The van der Waals surface area contributed by atoms with Crippen molar-refractivity contribution in [1.29, 1.82) is 0 Å². The van der Waals surface area contributed by atoms with Gasteiger partial charge in [-0.2, -0.15) is 0 Å². The fourth-order valence-electron chi connectivity index (χ4n) is 2.72. The van der Waals surface area contributed by atoms with Crippen molar-refractivity contribution in [1.82, 2.24) is 0 Å². The Balaban J connectivity index is 0.